The molecule has 0 N–H and O–H groups in total. The minimum atomic E-state index is 0.658. The molecule has 0 unspecified atom stereocenters. The second-order valence-electron chi connectivity index (χ2n) is 6.49. The second kappa shape index (κ2) is 6.46. The Balaban J connectivity index is 1.73. The standard InChI is InChI=1S/C20H19N5O/c1-2-17(22-5-1)16-12-18(25-8-10-26-11-9-25)24-20-15(16)4-7-23-19(20)14-3-6-21-13-14/h1-4,6-7,12H,5,8-11,13H2. The SMILES string of the molecule is C1=CC(c2cc(N3CCOCC3)nc3c(C4=CC=NC4)nccc23)=NC1. The van der Waals surface area contributed by atoms with Crippen molar-refractivity contribution in [3.05, 3.63) is 47.8 Å². The lowest BCUT2D eigenvalue weighted by Crippen LogP contribution is -2.36. The zero-order chi connectivity index (χ0) is 17.3. The van der Waals surface area contributed by atoms with Gasteiger partial charge in [-0.2, -0.15) is 0 Å². The number of hydrogen-bond acceptors (Lipinski definition) is 6. The number of fused-ring (bicyclic) bond motifs is 1. The van der Waals surface area contributed by atoms with Gasteiger partial charge in [0.1, 0.15) is 5.82 Å². The lowest BCUT2D eigenvalue weighted by Gasteiger charge is -2.28. The van der Waals surface area contributed by atoms with Gasteiger partial charge in [-0.15, -0.1) is 0 Å². The summed E-state index contributed by atoms with van der Waals surface area (Å²) in [5.41, 5.74) is 5.08. The number of rotatable bonds is 3. The second-order valence-corrected chi connectivity index (χ2v) is 6.49. The van der Waals surface area contributed by atoms with Gasteiger partial charge in [0.2, 0.25) is 0 Å². The summed E-state index contributed by atoms with van der Waals surface area (Å²) in [6.07, 6.45) is 9.90. The van der Waals surface area contributed by atoms with Gasteiger partial charge >= 0.3 is 0 Å². The summed E-state index contributed by atoms with van der Waals surface area (Å²) in [7, 11) is 0. The Morgan fingerprint density at radius 3 is 2.85 bits per heavy atom. The van der Waals surface area contributed by atoms with Crippen LogP contribution >= 0.6 is 0 Å². The maximum absolute atomic E-state index is 5.50. The molecule has 0 aliphatic carbocycles. The van der Waals surface area contributed by atoms with E-state index in [0.29, 0.717) is 6.54 Å². The predicted octanol–water partition coefficient (Wildman–Crippen LogP) is 2.29. The molecule has 1 saturated heterocycles. The van der Waals surface area contributed by atoms with Gasteiger partial charge in [-0.05, 0) is 24.3 Å². The average Bonchev–Trinajstić information content (AvgIpc) is 3.41. The van der Waals surface area contributed by atoms with E-state index >= 15 is 0 Å². The van der Waals surface area contributed by atoms with Gasteiger partial charge in [-0.3, -0.25) is 15.0 Å². The number of aromatic nitrogens is 2. The van der Waals surface area contributed by atoms with Crippen LogP contribution in [0.25, 0.3) is 16.5 Å². The molecular formula is C20H19N5O. The Hall–Kier alpha value is -2.86. The minimum absolute atomic E-state index is 0.658. The van der Waals surface area contributed by atoms with Crippen molar-refractivity contribution in [2.24, 2.45) is 9.98 Å². The van der Waals surface area contributed by atoms with Gasteiger partial charge in [0.05, 0.1) is 43.2 Å². The fraction of sp³-hybridized carbons (Fsp3) is 0.300. The quantitative estimate of drug-likeness (QED) is 0.856. The van der Waals surface area contributed by atoms with Gasteiger partial charge in [0.15, 0.2) is 0 Å². The molecule has 0 radical (unpaired) electrons. The molecule has 26 heavy (non-hydrogen) atoms. The van der Waals surface area contributed by atoms with Crippen molar-refractivity contribution in [2.75, 3.05) is 44.3 Å². The van der Waals surface area contributed by atoms with E-state index in [1.54, 1.807) is 0 Å². The topological polar surface area (TPSA) is 63.0 Å². The zero-order valence-electron chi connectivity index (χ0n) is 14.4. The molecule has 3 aliphatic rings. The fourth-order valence-corrected chi connectivity index (χ4v) is 3.58. The van der Waals surface area contributed by atoms with E-state index in [2.05, 4.69) is 38.1 Å². The van der Waals surface area contributed by atoms with Crippen molar-refractivity contribution in [2.45, 2.75) is 0 Å². The largest absolute Gasteiger partial charge is 0.378 e. The molecule has 0 aromatic carbocycles. The van der Waals surface area contributed by atoms with Crippen molar-refractivity contribution >= 4 is 34.2 Å². The van der Waals surface area contributed by atoms with Crippen LogP contribution in [0, 0.1) is 0 Å². The van der Waals surface area contributed by atoms with Crippen LogP contribution in [-0.4, -0.2) is 61.3 Å². The number of aliphatic imine (C=N–C) groups is 2. The predicted molar refractivity (Wildman–Crippen MR) is 104 cm³/mol. The molecule has 6 nitrogen and oxygen atoms in total. The number of pyridine rings is 2. The maximum atomic E-state index is 5.50. The molecular weight excluding hydrogens is 326 g/mol. The van der Waals surface area contributed by atoms with E-state index in [1.165, 1.54) is 0 Å². The van der Waals surface area contributed by atoms with Crippen molar-refractivity contribution in [1.82, 2.24) is 9.97 Å². The van der Waals surface area contributed by atoms with E-state index in [1.807, 2.05) is 24.6 Å². The summed E-state index contributed by atoms with van der Waals surface area (Å²) in [4.78, 5) is 20.9. The molecule has 5 heterocycles. The number of nitrogens with zero attached hydrogens (tertiary/aromatic N) is 5. The van der Waals surface area contributed by atoms with Gasteiger partial charge in [0, 0.05) is 42.0 Å². The van der Waals surface area contributed by atoms with E-state index < -0.39 is 0 Å². The van der Waals surface area contributed by atoms with Gasteiger partial charge < -0.3 is 9.64 Å². The molecule has 6 heteroatoms. The lowest BCUT2D eigenvalue weighted by molar-refractivity contribution is 0.122. The highest BCUT2D eigenvalue weighted by molar-refractivity contribution is 6.18. The number of ether oxygens (including phenoxy) is 1. The highest BCUT2D eigenvalue weighted by Gasteiger charge is 2.20. The Morgan fingerprint density at radius 1 is 1.15 bits per heavy atom. The normalized spacial score (nSPS) is 19.3. The van der Waals surface area contributed by atoms with Gasteiger partial charge in [-0.1, -0.05) is 6.08 Å². The Kier molecular flexibility index (Phi) is 3.83. The summed E-state index contributed by atoms with van der Waals surface area (Å²) >= 11 is 0. The third-order valence-corrected chi connectivity index (χ3v) is 4.91. The first-order chi connectivity index (χ1) is 12.9. The average molecular weight is 345 g/mol. The van der Waals surface area contributed by atoms with E-state index in [4.69, 9.17) is 9.72 Å². The molecule has 130 valence electrons. The lowest BCUT2D eigenvalue weighted by atomic mass is 10.0. The first-order valence-corrected chi connectivity index (χ1v) is 8.93. The molecule has 3 aliphatic heterocycles. The third kappa shape index (κ3) is 2.63. The monoisotopic (exact) mass is 345 g/mol. The highest BCUT2D eigenvalue weighted by atomic mass is 16.5. The molecule has 2 aromatic heterocycles. The van der Waals surface area contributed by atoms with Crippen molar-refractivity contribution in [3.8, 4) is 0 Å². The summed E-state index contributed by atoms with van der Waals surface area (Å²) in [6, 6.07) is 4.20. The van der Waals surface area contributed by atoms with Crippen LogP contribution in [0.3, 0.4) is 0 Å². The summed E-state index contributed by atoms with van der Waals surface area (Å²) in [6.45, 7) is 4.56. The Bertz CT molecular complexity index is 983. The van der Waals surface area contributed by atoms with Crippen LogP contribution < -0.4 is 4.90 Å². The Labute approximate surface area is 151 Å². The first-order valence-electron chi connectivity index (χ1n) is 8.93. The fourth-order valence-electron chi connectivity index (χ4n) is 3.58. The minimum Gasteiger partial charge on any atom is -0.378 e. The van der Waals surface area contributed by atoms with Crippen LogP contribution in [0.4, 0.5) is 5.82 Å². The van der Waals surface area contributed by atoms with E-state index in [0.717, 1.165) is 72.1 Å². The van der Waals surface area contributed by atoms with Crippen LogP contribution in [0.2, 0.25) is 0 Å². The number of allylic oxidation sites excluding steroid dienone is 2. The molecule has 2 aromatic rings. The Morgan fingerprint density at radius 2 is 2.08 bits per heavy atom. The number of hydrogen-bond donors (Lipinski definition) is 0. The molecule has 0 atom stereocenters. The smallest absolute Gasteiger partial charge is 0.130 e. The number of anilines is 1. The number of morpholine rings is 1. The van der Waals surface area contributed by atoms with Crippen LogP contribution in [0.5, 0.6) is 0 Å². The van der Waals surface area contributed by atoms with E-state index in [9.17, 15) is 0 Å². The van der Waals surface area contributed by atoms with Crippen molar-refractivity contribution in [1.29, 1.82) is 0 Å². The summed E-state index contributed by atoms with van der Waals surface area (Å²) < 4.78 is 5.50. The maximum Gasteiger partial charge on any atom is 0.130 e. The van der Waals surface area contributed by atoms with E-state index in [-0.39, 0.29) is 0 Å². The molecule has 0 saturated carbocycles. The van der Waals surface area contributed by atoms with Gasteiger partial charge in [0.25, 0.3) is 0 Å². The first kappa shape index (κ1) is 15.4. The highest BCUT2D eigenvalue weighted by Crippen LogP contribution is 2.30. The molecule has 0 spiro atoms. The van der Waals surface area contributed by atoms with Crippen LogP contribution in [-0.2, 0) is 4.74 Å². The molecule has 0 amide bonds. The zero-order valence-corrected chi connectivity index (χ0v) is 14.4. The molecule has 0 bridgehead atoms. The summed E-state index contributed by atoms with van der Waals surface area (Å²) in [5.74, 6) is 0.965. The molecule has 1 fully saturated rings. The van der Waals surface area contributed by atoms with Crippen LogP contribution in [0.15, 0.2) is 46.5 Å². The van der Waals surface area contributed by atoms with Crippen molar-refractivity contribution in [3.63, 3.8) is 0 Å². The van der Waals surface area contributed by atoms with Gasteiger partial charge in [-0.25, -0.2) is 4.98 Å². The van der Waals surface area contributed by atoms with Crippen LogP contribution in [0.1, 0.15) is 11.3 Å². The molecule has 5 rings (SSSR count). The third-order valence-electron chi connectivity index (χ3n) is 4.91. The van der Waals surface area contributed by atoms with Crippen molar-refractivity contribution < 1.29 is 4.74 Å². The summed E-state index contributed by atoms with van der Waals surface area (Å²) in [5, 5.41) is 1.09.